The molecule has 0 fully saturated rings. The standard InChI is InChI=1S/C12H9IN2O/c1-16-9-4-5-15-11-3-2-8(13)6-10(11)14-12(15)7-9/h2-7H,1H3. The maximum absolute atomic E-state index is 5.19. The summed E-state index contributed by atoms with van der Waals surface area (Å²) in [4.78, 5) is 4.56. The molecule has 3 nitrogen and oxygen atoms in total. The SMILES string of the molecule is COc1ccn2c(c1)nc1cc(I)ccc12. The maximum Gasteiger partial charge on any atom is 0.141 e. The molecule has 0 bridgehead atoms. The Morgan fingerprint density at radius 1 is 1.25 bits per heavy atom. The van der Waals surface area contributed by atoms with Gasteiger partial charge in [-0.3, -0.25) is 4.40 Å². The number of benzene rings is 1. The van der Waals surface area contributed by atoms with Crippen LogP contribution in [0.3, 0.4) is 0 Å². The average Bonchev–Trinajstić information content (AvgIpc) is 2.64. The highest BCUT2D eigenvalue weighted by Gasteiger charge is 2.05. The van der Waals surface area contributed by atoms with Gasteiger partial charge in [-0.05, 0) is 46.9 Å². The Labute approximate surface area is 106 Å². The highest BCUT2D eigenvalue weighted by atomic mass is 127. The van der Waals surface area contributed by atoms with Crippen molar-refractivity contribution in [2.24, 2.45) is 0 Å². The molecule has 16 heavy (non-hydrogen) atoms. The minimum atomic E-state index is 0.831. The van der Waals surface area contributed by atoms with Gasteiger partial charge in [0.25, 0.3) is 0 Å². The van der Waals surface area contributed by atoms with Crippen molar-refractivity contribution in [2.75, 3.05) is 7.11 Å². The van der Waals surface area contributed by atoms with Gasteiger partial charge in [0.05, 0.1) is 18.1 Å². The number of aromatic nitrogens is 2. The monoisotopic (exact) mass is 324 g/mol. The quantitative estimate of drug-likeness (QED) is 0.643. The molecule has 80 valence electrons. The molecule has 0 aliphatic carbocycles. The number of halogens is 1. The van der Waals surface area contributed by atoms with E-state index < -0.39 is 0 Å². The van der Waals surface area contributed by atoms with Crippen LogP contribution in [0.2, 0.25) is 0 Å². The van der Waals surface area contributed by atoms with Crippen molar-refractivity contribution >= 4 is 39.3 Å². The minimum Gasteiger partial charge on any atom is -0.497 e. The summed E-state index contributed by atoms with van der Waals surface area (Å²) in [6, 6.07) is 10.1. The van der Waals surface area contributed by atoms with Gasteiger partial charge in [-0.1, -0.05) is 0 Å². The molecule has 3 rings (SSSR count). The van der Waals surface area contributed by atoms with Crippen molar-refractivity contribution in [2.45, 2.75) is 0 Å². The van der Waals surface area contributed by atoms with E-state index in [2.05, 4.69) is 50.2 Å². The zero-order valence-electron chi connectivity index (χ0n) is 8.64. The molecular weight excluding hydrogens is 315 g/mol. The fourth-order valence-corrected chi connectivity index (χ4v) is 2.27. The Bertz CT molecular complexity index is 675. The molecule has 1 aromatic carbocycles. The second-order valence-electron chi connectivity index (χ2n) is 3.54. The van der Waals surface area contributed by atoms with Crippen molar-refractivity contribution in [3.05, 3.63) is 40.1 Å². The smallest absolute Gasteiger partial charge is 0.141 e. The Hall–Kier alpha value is -1.30. The number of rotatable bonds is 1. The maximum atomic E-state index is 5.19. The molecule has 0 saturated heterocycles. The number of pyridine rings is 1. The van der Waals surface area contributed by atoms with Crippen LogP contribution >= 0.6 is 22.6 Å². The number of hydrogen-bond donors (Lipinski definition) is 0. The average molecular weight is 324 g/mol. The van der Waals surface area contributed by atoms with Crippen LogP contribution in [0.5, 0.6) is 5.75 Å². The predicted molar refractivity (Wildman–Crippen MR) is 72.0 cm³/mol. The second kappa shape index (κ2) is 3.62. The van der Waals surface area contributed by atoms with E-state index in [-0.39, 0.29) is 0 Å². The molecule has 2 aromatic heterocycles. The molecule has 0 aliphatic rings. The van der Waals surface area contributed by atoms with Crippen LogP contribution in [0.1, 0.15) is 0 Å². The lowest BCUT2D eigenvalue weighted by molar-refractivity contribution is 0.414. The summed E-state index contributed by atoms with van der Waals surface area (Å²) in [5.74, 6) is 0.831. The third-order valence-corrected chi connectivity index (χ3v) is 3.24. The lowest BCUT2D eigenvalue weighted by atomic mass is 10.3. The molecule has 2 heterocycles. The van der Waals surface area contributed by atoms with Gasteiger partial charge in [0, 0.05) is 15.8 Å². The van der Waals surface area contributed by atoms with Crippen LogP contribution in [0, 0.1) is 3.57 Å². The number of hydrogen-bond acceptors (Lipinski definition) is 2. The topological polar surface area (TPSA) is 26.5 Å². The number of fused-ring (bicyclic) bond motifs is 3. The zero-order valence-corrected chi connectivity index (χ0v) is 10.8. The first-order valence-electron chi connectivity index (χ1n) is 4.89. The predicted octanol–water partition coefficient (Wildman–Crippen LogP) is 3.10. The van der Waals surface area contributed by atoms with Gasteiger partial charge < -0.3 is 4.74 Å². The van der Waals surface area contributed by atoms with E-state index in [9.17, 15) is 0 Å². The summed E-state index contributed by atoms with van der Waals surface area (Å²) in [5, 5.41) is 0. The highest BCUT2D eigenvalue weighted by Crippen LogP contribution is 2.21. The molecule has 0 spiro atoms. The Morgan fingerprint density at radius 3 is 2.94 bits per heavy atom. The van der Waals surface area contributed by atoms with Crippen LogP contribution in [0.4, 0.5) is 0 Å². The third-order valence-electron chi connectivity index (χ3n) is 2.57. The van der Waals surface area contributed by atoms with Crippen LogP contribution < -0.4 is 4.74 Å². The van der Waals surface area contributed by atoms with E-state index in [4.69, 9.17) is 4.74 Å². The fourth-order valence-electron chi connectivity index (χ4n) is 1.80. The van der Waals surface area contributed by atoms with Gasteiger partial charge in [0.1, 0.15) is 11.4 Å². The zero-order chi connectivity index (χ0) is 11.1. The summed E-state index contributed by atoms with van der Waals surface area (Å²) >= 11 is 2.29. The van der Waals surface area contributed by atoms with Gasteiger partial charge >= 0.3 is 0 Å². The molecular formula is C12H9IN2O. The first-order valence-corrected chi connectivity index (χ1v) is 5.97. The molecule has 0 unspecified atom stereocenters. The summed E-state index contributed by atoms with van der Waals surface area (Å²) < 4.78 is 8.45. The molecule has 4 heteroatoms. The van der Waals surface area contributed by atoms with Gasteiger partial charge in [-0.15, -0.1) is 0 Å². The normalized spacial score (nSPS) is 11.1. The van der Waals surface area contributed by atoms with E-state index in [1.165, 1.54) is 3.57 Å². The molecule has 0 amide bonds. The Morgan fingerprint density at radius 2 is 2.12 bits per heavy atom. The molecule has 0 saturated carbocycles. The lowest BCUT2D eigenvalue weighted by Gasteiger charge is -1.99. The van der Waals surface area contributed by atoms with Gasteiger partial charge in [0.15, 0.2) is 0 Å². The van der Waals surface area contributed by atoms with Gasteiger partial charge in [0.2, 0.25) is 0 Å². The van der Waals surface area contributed by atoms with E-state index in [0.29, 0.717) is 0 Å². The van der Waals surface area contributed by atoms with Gasteiger partial charge in [-0.2, -0.15) is 0 Å². The number of methoxy groups -OCH3 is 1. The van der Waals surface area contributed by atoms with E-state index in [1.54, 1.807) is 7.11 Å². The van der Waals surface area contributed by atoms with Crippen LogP contribution in [0.15, 0.2) is 36.5 Å². The van der Waals surface area contributed by atoms with Crippen LogP contribution in [-0.2, 0) is 0 Å². The summed E-state index contributed by atoms with van der Waals surface area (Å²) in [6.45, 7) is 0. The van der Waals surface area contributed by atoms with Crippen LogP contribution in [-0.4, -0.2) is 16.5 Å². The van der Waals surface area contributed by atoms with Crippen molar-refractivity contribution < 1.29 is 4.74 Å². The Kier molecular flexibility index (Phi) is 2.24. The van der Waals surface area contributed by atoms with E-state index in [1.807, 2.05) is 18.3 Å². The van der Waals surface area contributed by atoms with Crippen LogP contribution in [0.25, 0.3) is 16.7 Å². The van der Waals surface area contributed by atoms with E-state index >= 15 is 0 Å². The largest absolute Gasteiger partial charge is 0.497 e. The highest BCUT2D eigenvalue weighted by molar-refractivity contribution is 14.1. The number of imidazole rings is 1. The van der Waals surface area contributed by atoms with Crippen molar-refractivity contribution in [3.63, 3.8) is 0 Å². The summed E-state index contributed by atoms with van der Waals surface area (Å²) in [7, 11) is 1.66. The van der Waals surface area contributed by atoms with Crippen molar-refractivity contribution in [3.8, 4) is 5.75 Å². The fraction of sp³-hybridized carbons (Fsp3) is 0.0833. The van der Waals surface area contributed by atoms with Crippen molar-refractivity contribution in [1.82, 2.24) is 9.38 Å². The third kappa shape index (κ3) is 1.44. The lowest BCUT2D eigenvalue weighted by Crippen LogP contribution is -1.87. The van der Waals surface area contributed by atoms with E-state index in [0.717, 1.165) is 22.4 Å². The molecule has 0 atom stereocenters. The second-order valence-corrected chi connectivity index (χ2v) is 4.79. The number of ether oxygens (including phenoxy) is 1. The molecule has 0 radical (unpaired) electrons. The van der Waals surface area contributed by atoms with Crippen molar-refractivity contribution in [1.29, 1.82) is 0 Å². The number of nitrogens with zero attached hydrogens (tertiary/aromatic N) is 2. The van der Waals surface area contributed by atoms with Gasteiger partial charge in [-0.25, -0.2) is 4.98 Å². The minimum absolute atomic E-state index is 0.831. The summed E-state index contributed by atoms with van der Waals surface area (Å²) in [5.41, 5.74) is 3.05. The summed E-state index contributed by atoms with van der Waals surface area (Å²) in [6.07, 6.45) is 1.98. The molecule has 0 aliphatic heterocycles. The molecule has 3 aromatic rings. The first-order chi connectivity index (χ1) is 7.78. The molecule has 0 N–H and O–H groups in total. The first kappa shape index (κ1) is 9.89. The Balaban J connectivity index is 2.40.